The van der Waals surface area contributed by atoms with E-state index in [2.05, 4.69) is 9.98 Å². The molecule has 0 unspecified atom stereocenters. The molecule has 2 rings (SSSR count). The Bertz CT molecular complexity index is 565. The third-order valence-corrected chi connectivity index (χ3v) is 2.25. The van der Waals surface area contributed by atoms with Crippen LogP contribution in [0.25, 0.3) is 0 Å². The number of rotatable bonds is 2. The normalized spacial score (nSPS) is 10.9. The van der Waals surface area contributed by atoms with Crippen LogP contribution in [-0.2, 0) is 0 Å². The molecule has 4 heteroatoms. The first-order valence-electron chi connectivity index (χ1n) is 5.14. The van der Waals surface area contributed by atoms with E-state index < -0.39 is 0 Å². The number of benzene rings is 1. The summed E-state index contributed by atoms with van der Waals surface area (Å²) in [5, 5.41) is 18.7. The van der Waals surface area contributed by atoms with E-state index >= 15 is 0 Å². The highest BCUT2D eigenvalue weighted by molar-refractivity contribution is 5.85. The Morgan fingerprint density at radius 2 is 2.00 bits per heavy atom. The van der Waals surface area contributed by atoms with Crippen molar-refractivity contribution in [3.05, 3.63) is 47.7 Å². The lowest BCUT2D eigenvalue weighted by molar-refractivity contribution is 0.450. The highest BCUT2D eigenvalue weighted by atomic mass is 16.3. The molecule has 1 heterocycles. The van der Waals surface area contributed by atoms with Crippen LogP contribution >= 0.6 is 0 Å². The lowest BCUT2D eigenvalue weighted by Gasteiger charge is -1.99. The van der Waals surface area contributed by atoms with Gasteiger partial charge in [0.05, 0.1) is 0 Å². The summed E-state index contributed by atoms with van der Waals surface area (Å²) in [4.78, 5) is 8.22. The molecule has 0 spiro atoms. The van der Waals surface area contributed by atoms with Gasteiger partial charge in [0.2, 0.25) is 0 Å². The van der Waals surface area contributed by atoms with Gasteiger partial charge in [0, 0.05) is 24.0 Å². The molecule has 0 bridgehead atoms. The molecule has 17 heavy (non-hydrogen) atoms. The van der Waals surface area contributed by atoms with E-state index in [9.17, 15) is 5.11 Å². The van der Waals surface area contributed by atoms with Crippen LogP contribution in [0.15, 0.2) is 41.5 Å². The van der Waals surface area contributed by atoms with Crippen LogP contribution in [0.4, 0.5) is 5.82 Å². The van der Waals surface area contributed by atoms with Crippen LogP contribution in [0, 0.1) is 6.92 Å². The third kappa shape index (κ3) is 2.81. The molecule has 86 valence electrons. The predicted octanol–water partition coefficient (Wildman–Crippen LogP) is 2.55. The highest BCUT2D eigenvalue weighted by Crippen LogP contribution is 2.21. The van der Waals surface area contributed by atoms with Crippen molar-refractivity contribution in [2.24, 2.45) is 4.99 Å². The van der Waals surface area contributed by atoms with Gasteiger partial charge in [-0.25, -0.2) is 9.98 Å². The summed E-state index contributed by atoms with van der Waals surface area (Å²) in [6.07, 6.45) is 3.19. The predicted molar refractivity (Wildman–Crippen MR) is 66.0 cm³/mol. The van der Waals surface area contributed by atoms with Gasteiger partial charge in [-0.15, -0.1) is 0 Å². The number of hydrogen-bond acceptors (Lipinski definition) is 4. The fraction of sp³-hybridized carbons (Fsp3) is 0.0769. The Kier molecular flexibility index (Phi) is 3.05. The Morgan fingerprint density at radius 1 is 1.18 bits per heavy atom. The van der Waals surface area contributed by atoms with Crippen molar-refractivity contribution in [2.75, 3.05) is 0 Å². The highest BCUT2D eigenvalue weighted by Gasteiger charge is 1.99. The summed E-state index contributed by atoms with van der Waals surface area (Å²) in [6, 6.07) is 8.07. The van der Waals surface area contributed by atoms with Crippen molar-refractivity contribution in [1.29, 1.82) is 0 Å². The topological polar surface area (TPSA) is 65.7 Å². The molecule has 0 fully saturated rings. The first-order valence-corrected chi connectivity index (χ1v) is 5.14. The molecule has 2 N–H and O–H groups in total. The van der Waals surface area contributed by atoms with Crippen molar-refractivity contribution in [2.45, 2.75) is 6.92 Å². The summed E-state index contributed by atoms with van der Waals surface area (Å²) < 4.78 is 0. The molecule has 2 aromatic rings. The van der Waals surface area contributed by atoms with E-state index in [1.54, 1.807) is 12.3 Å². The zero-order valence-electron chi connectivity index (χ0n) is 9.33. The van der Waals surface area contributed by atoms with E-state index in [4.69, 9.17) is 5.11 Å². The SMILES string of the molecule is Cc1ccnc(N=Cc2ccc(O)cc2O)c1. The Labute approximate surface area is 98.9 Å². The average molecular weight is 228 g/mol. The van der Waals surface area contributed by atoms with Crippen molar-refractivity contribution >= 4 is 12.0 Å². The van der Waals surface area contributed by atoms with E-state index in [0.717, 1.165) is 5.56 Å². The number of phenolic OH excluding ortho intramolecular Hbond substituents is 2. The van der Waals surface area contributed by atoms with Gasteiger partial charge in [0.25, 0.3) is 0 Å². The van der Waals surface area contributed by atoms with Crippen molar-refractivity contribution in [3.8, 4) is 11.5 Å². The first-order chi connectivity index (χ1) is 8.15. The van der Waals surface area contributed by atoms with Crippen LogP contribution in [0.3, 0.4) is 0 Å². The minimum absolute atomic E-state index is 0.0126. The summed E-state index contributed by atoms with van der Waals surface area (Å²) in [6.45, 7) is 1.96. The number of aromatic nitrogens is 1. The molecule has 0 amide bonds. The molecule has 1 aromatic carbocycles. The van der Waals surface area contributed by atoms with Gasteiger partial charge in [-0.05, 0) is 36.8 Å². The van der Waals surface area contributed by atoms with Crippen LogP contribution in [0.5, 0.6) is 11.5 Å². The number of phenols is 2. The molecule has 0 aliphatic carbocycles. The summed E-state index contributed by atoms with van der Waals surface area (Å²) in [7, 11) is 0. The zero-order valence-corrected chi connectivity index (χ0v) is 9.33. The third-order valence-electron chi connectivity index (χ3n) is 2.25. The second kappa shape index (κ2) is 4.65. The fourth-order valence-corrected chi connectivity index (χ4v) is 1.37. The van der Waals surface area contributed by atoms with Crippen molar-refractivity contribution in [1.82, 2.24) is 4.98 Å². The molecular formula is C13H12N2O2. The maximum Gasteiger partial charge on any atom is 0.151 e. The van der Waals surface area contributed by atoms with Crippen LogP contribution in [0.1, 0.15) is 11.1 Å². The molecule has 4 nitrogen and oxygen atoms in total. The molecule has 0 saturated heterocycles. The average Bonchev–Trinajstić information content (AvgIpc) is 2.28. The first kappa shape index (κ1) is 11.1. The smallest absolute Gasteiger partial charge is 0.151 e. The van der Waals surface area contributed by atoms with Gasteiger partial charge in [0.15, 0.2) is 5.82 Å². The number of aryl methyl sites for hydroxylation is 1. The van der Waals surface area contributed by atoms with Gasteiger partial charge in [-0.3, -0.25) is 0 Å². The largest absolute Gasteiger partial charge is 0.508 e. The van der Waals surface area contributed by atoms with Gasteiger partial charge in [-0.1, -0.05) is 0 Å². The maximum atomic E-state index is 9.55. The summed E-state index contributed by atoms with van der Waals surface area (Å²) in [5.74, 6) is 0.590. The van der Waals surface area contributed by atoms with Gasteiger partial charge < -0.3 is 10.2 Å². The lowest BCUT2D eigenvalue weighted by atomic mass is 10.2. The number of nitrogens with zero attached hydrogens (tertiary/aromatic N) is 2. The number of pyridine rings is 1. The molecule has 0 atom stereocenters. The second-order valence-electron chi connectivity index (χ2n) is 3.69. The standard InChI is InChI=1S/C13H12N2O2/c1-9-4-5-14-13(6-9)15-8-10-2-3-11(16)7-12(10)17/h2-8,16-17H,1H3. The van der Waals surface area contributed by atoms with E-state index in [-0.39, 0.29) is 11.5 Å². The summed E-state index contributed by atoms with van der Waals surface area (Å²) >= 11 is 0. The van der Waals surface area contributed by atoms with Crippen LogP contribution in [-0.4, -0.2) is 21.4 Å². The van der Waals surface area contributed by atoms with Gasteiger partial charge >= 0.3 is 0 Å². The molecule has 0 saturated carbocycles. The van der Waals surface area contributed by atoms with E-state index in [0.29, 0.717) is 11.4 Å². The Hall–Kier alpha value is -2.36. The number of aromatic hydroxyl groups is 2. The lowest BCUT2D eigenvalue weighted by Crippen LogP contribution is -1.83. The molecule has 0 aliphatic heterocycles. The second-order valence-corrected chi connectivity index (χ2v) is 3.69. The van der Waals surface area contributed by atoms with E-state index in [1.165, 1.54) is 18.3 Å². The molecule has 0 aliphatic rings. The van der Waals surface area contributed by atoms with Gasteiger partial charge in [0.1, 0.15) is 11.5 Å². The fourth-order valence-electron chi connectivity index (χ4n) is 1.37. The monoisotopic (exact) mass is 228 g/mol. The molecule has 0 radical (unpaired) electrons. The van der Waals surface area contributed by atoms with Crippen molar-refractivity contribution < 1.29 is 10.2 Å². The summed E-state index contributed by atoms with van der Waals surface area (Å²) in [5.41, 5.74) is 1.60. The maximum absolute atomic E-state index is 9.55. The minimum atomic E-state index is -0.0126. The number of hydrogen-bond donors (Lipinski definition) is 2. The quantitative estimate of drug-likeness (QED) is 0.776. The Balaban J connectivity index is 2.26. The van der Waals surface area contributed by atoms with Crippen LogP contribution < -0.4 is 0 Å². The van der Waals surface area contributed by atoms with E-state index in [1.807, 2.05) is 19.1 Å². The zero-order chi connectivity index (χ0) is 12.3. The Morgan fingerprint density at radius 3 is 2.71 bits per heavy atom. The van der Waals surface area contributed by atoms with Gasteiger partial charge in [-0.2, -0.15) is 0 Å². The number of aliphatic imine (C=N–C) groups is 1. The molecule has 1 aromatic heterocycles. The molecular weight excluding hydrogens is 216 g/mol. The van der Waals surface area contributed by atoms with Crippen LogP contribution in [0.2, 0.25) is 0 Å². The van der Waals surface area contributed by atoms with Crippen molar-refractivity contribution in [3.63, 3.8) is 0 Å². The minimum Gasteiger partial charge on any atom is -0.508 e.